The maximum atomic E-state index is 12.4. The molecule has 0 bridgehead atoms. The van der Waals surface area contributed by atoms with Gasteiger partial charge in [-0.05, 0) is 30.2 Å². The van der Waals surface area contributed by atoms with Gasteiger partial charge in [-0.2, -0.15) is 0 Å². The predicted octanol–water partition coefficient (Wildman–Crippen LogP) is 2.60. The Kier molecular flexibility index (Phi) is 5.54. The smallest absolute Gasteiger partial charge is 0.266 e. The van der Waals surface area contributed by atoms with Gasteiger partial charge in [0.05, 0.1) is 6.26 Å². The van der Waals surface area contributed by atoms with Crippen LogP contribution in [0.1, 0.15) is 30.6 Å². The monoisotopic (exact) mass is 316 g/mol. The molecule has 0 aliphatic carbocycles. The molecule has 0 radical (unpaired) electrons. The lowest BCUT2D eigenvalue weighted by Gasteiger charge is -2.22. The number of amides is 2. The summed E-state index contributed by atoms with van der Waals surface area (Å²) in [6, 6.07) is 9.71. The van der Waals surface area contributed by atoms with Crippen molar-refractivity contribution < 1.29 is 19.2 Å². The van der Waals surface area contributed by atoms with Crippen molar-refractivity contribution in [1.82, 2.24) is 10.8 Å². The number of carbonyl (C=O) groups is 2. The normalized spacial score (nSPS) is 13.2. The van der Waals surface area contributed by atoms with Gasteiger partial charge in [0, 0.05) is 11.1 Å². The van der Waals surface area contributed by atoms with Gasteiger partial charge in [-0.3, -0.25) is 14.8 Å². The van der Waals surface area contributed by atoms with Crippen LogP contribution in [0.15, 0.2) is 47.1 Å². The first-order valence-corrected chi connectivity index (χ1v) is 7.45. The van der Waals surface area contributed by atoms with Crippen molar-refractivity contribution in [1.29, 1.82) is 0 Å². The number of hydrogen-bond donors (Lipinski definition) is 3. The second kappa shape index (κ2) is 7.60. The van der Waals surface area contributed by atoms with Crippen LogP contribution < -0.4 is 10.8 Å². The first-order chi connectivity index (χ1) is 11.1. The van der Waals surface area contributed by atoms with Crippen LogP contribution >= 0.6 is 0 Å². The molecule has 0 saturated heterocycles. The number of hydrogen-bond acceptors (Lipinski definition) is 4. The van der Waals surface area contributed by atoms with Crippen molar-refractivity contribution in [2.45, 2.75) is 26.3 Å². The summed E-state index contributed by atoms with van der Waals surface area (Å²) in [5.41, 5.74) is 2.79. The van der Waals surface area contributed by atoms with E-state index in [1.165, 1.54) is 0 Å². The molecule has 6 heteroatoms. The third-order valence-electron chi connectivity index (χ3n) is 3.82. The van der Waals surface area contributed by atoms with Crippen LogP contribution in [-0.4, -0.2) is 23.1 Å². The largest absolute Gasteiger partial charge is 0.464 e. The topological polar surface area (TPSA) is 91.6 Å². The number of carbonyl (C=O) groups excluding carboxylic acids is 2. The Hall–Kier alpha value is -2.60. The lowest BCUT2D eigenvalue weighted by molar-refractivity contribution is -0.132. The van der Waals surface area contributed by atoms with E-state index < -0.39 is 11.9 Å². The summed E-state index contributed by atoms with van der Waals surface area (Å²) < 4.78 is 5.32. The number of benzene rings is 1. The highest BCUT2D eigenvalue weighted by molar-refractivity contribution is 5.98. The fourth-order valence-electron chi connectivity index (χ4n) is 2.25. The molecule has 0 aliphatic rings. The molecule has 2 aromatic rings. The minimum Gasteiger partial charge on any atom is -0.464 e. The molecule has 0 spiro atoms. The lowest BCUT2D eigenvalue weighted by atomic mass is 9.98. The van der Waals surface area contributed by atoms with Crippen molar-refractivity contribution in [3.63, 3.8) is 0 Å². The quantitative estimate of drug-likeness (QED) is 0.564. The predicted molar refractivity (Wildman–Crippen MR) is 84.8 cm³/mol. The summed E-state index contributed by atoms with van der Waals surface area (Å²) >= 11 is 0. The van der Waals surface area contributed by atoms with Crippen molar-refractivity contribution >= 4 is 11.8 Å². The van der Waals surface area contributed by atoms with Crippen LogP contribution in [0.4, 0.5) is 0 Å². The van der Waals surface area contributed by atoms with Crippen LogP contribution in [0.2, 0.25) is 0 Å². The van der Waals surface area contributed by atoms with E-state index in [1.54, 1.807) is 42.1 Å². The number of hydroxylamine groups is 1. The summed E-state index contributed by atoms with van der Waals surface area (Å²) in [5, 5.41) is 11.5. The van der Waals surface area contributed by atoms with Gasteiger partial charge >= 0.3 is 0 Å². The first-order valence-electron chi connectivity index (χ1n) is 7.45. The van der Waals surface area contributed by atoms with Crippen molar-refractivity contribution in [2.75, 3.05) is 0 Å². The Bertz CT molecular complexity index is 667. The van der Waals surface area contributed by atoms with Crippen LogP contribution in [0.25, 0.3) is 11.3 Å². The van der Waals surface area contributed by atoms with Crippen LogP contribution in [0.3, 0.4) is 0 Å². The third-order valence-corrected chi connectivity index (χ3v) is 3.82. The van der Waals surface area contributed by atoms with E-state index in [9.17, 15) is 9.59 Å². The zero-order valence-electron chi connectivity index (χ0n) is 13.1. The van der Waals surface area contributed by atoms with E-state index in [2.05, 4.69) is 5.32 Å². The summed E-state index contributed by atoms with van der Waals surface area (Å²) in [7, 11) is 0. The van der Waals surface area contributed by atoms with Gasteiger partial charge in [-0.15, -0.1) is 0 Å². The second-order valence-corrected chi connectivity index (χ2v) is 5.37. The molecule has 6 nitrogen and oxygen atoms in total. The highest BCUT2D eigenvalue weighted by Crippen LogP contribution is 2.21. The SMILES string of the molecule is CC[C@H](C)[C@H](NC(=O)c1cccc(-c2ccco2)c1)C(=O)NO. The molecule has 0 saturated carbocycles. The Morgan fingerprint density at radius 3 is 2.65 bits per heavy atom. The van der Waals surface area contributed by atoms with E-state index in [0.717, 1.165) is 5.56 Å². The van der Waals surface area contributed by atoms with Gasteiger partial charge in [0.25, 0.3) is 11.8 Å². The van der Waals surface area contributed by atoms with E-state index in [1.807, 2.05) is 19.9 Å². The Balaban J connectivity index is 2.19. The van der Waals surface area contributed by atoms with Crippen LogP contribution in [0.5, 0.6) is 0 Å². The minimum absolute atomic E-state index is 0.112. The van der Waals surface area contributed by atoms with Gasteiger partial charge in [0.1, 0.15) is 11.8 Å². The van der Waals surface area contributed by atoms with E-state index in [4.69, 9.17) is 9.62 Å². The number of furan rings is 1. The lowest BCUT2D eigenvalue weighted by Crippen LogP contribution is -2.49. The van der Waals surface area contributed by atoms with Gasteiger partial charge in [-0.25, -0.2) is 5.48 Å². The molecule has 2 rings (SSSR count). The average molecular weight is 316 g/mol. The maximum absolute atomic E-state index is 12.4. The fourth-order valence-corrected chi connectivity index (χ4v) is 2.25. The summed E-state index contributed by atoms with van der Waals surface area (Å²) in [4.78, 5) is 24.2. The van der Waals surface area contributed by atoms with Crippen molar-refractivity contribution in [3.05, 3.63) is 48.2 Å². The van der Waals surface area contributed by atoms with E-state index in [-0.39, 0.29) is 11.8 Å². The minimum atomic E-state index is -0.801. The fraction of sp³-hybridized carbons (Fsp3) is 0.294. The molecular formula is C17H20N2O4. The van der Waals surface area contributed by atoms with Gasteiger partial charge in [0.2, 0.25) is 0 Å². The van der Waals surface area contributed by atoms with Crippen LogP contribution in [0, 0.1) is 5.92 Å². The summed E-state index contributed by atoms with van der Waals surface area (Å²) in [6.45, 7) is 3.74. The molecule has 0 fully saturated rings. The average Bonchev–Trinajstić information content (AvgIpc) is 3.12. The molecule has 1 heterocycles. The standard InChI is InChI=1S/C17H20N2O4/c1-3-11(2)15(17(21)19-22)18-16(20)13-7-4-6-12(10-13)14-8-5-9-23-14/h4-11,15,22H,3H2,1-2H3,(H,18,20)(H,19,21)/t11-,15-/m0/s1. The Morgan fingerprint density at radius 1 is 1.26 bits per heavy atom. The molecule has 3 N–H and O–H groups in total. The van der Waals surface area contributed by atoms with Crippen molar-refractivity contribution in [2.24, 2.45) is 5.92 Å². The molecule has 1 aromatic carbocycles. The van der Waals surface area contributed by atoms with Crippen molar-refractivity contribution in [3.8, 4) is 11.3 Å². The Morgan fingerprint density at radius 2 is 2.04 bits per heavy atom. The Labute approximate surface area is 134 Å². The molecule has 0 aliphatic heterocycles. The molecule has 2 amide bonds. The van der Waals surface area contributed by atoms with Gasteiger partial charge in [-0.1, -0.05) is 32.4 Å². The molecule has 0 unspecified atom stereocenters. The summed E-state index contributed by atoms with van der Waals surface area (Å²) in [6.07, 6.45) is 2.25. The zero-order chi connectivity index (χ0) is 16.8. The van der Waals surface area contributed by atoms with E-state index in [0.29, 0.717) is 17.7 Å². The summed E-state index contributed by atoms with van der Waals surface area (Å²) in [5.74, 6) is -0.465. The number of rotatable bonds is 6. The molecule has 122 valence electrons. The molecular weight excluding hydrogens is 296 g/mol. The zero-order valence-corrected chi connectivity index (χ0v) is 13.1. The molecule has 23 heavy (non-hydrogen) atoms. The van der Waals surface area contributed by atoms with E-state index >= 15 is 0 Å². The highest BCUT2D eigenvalue weighted by Gasteiger charge is 2.26. The van der Waals surface area contributed by atoms with Gasteiger partial charge in [0.15, 0.2) is 0 Å². The number of nitrogens with one attached hydrogen (secondary N) is 2. The first kappa shape index (κ1) is 16.8. The highest BCUT2D eigenvalue weighted by atomic mass is 16.5. The second-order valence-electron chi connectivity index (χ2n) is 5.37. The van der Waals surface area contributed by atoms with Gasteiger partial charge < -0.3 is 9.73 Å². The molecule has 2 atom stereocenters. The molecule has 1 aromatic heterocycles. The van der Waals surface area contributed by atoms with Crippen LogP contribution in [-0.2, 0) is 4.79 Å². The maximum Gasteiger partial charge on any atom is 0.266 e. The third kappa shape index (κ3) is 3.98.